The van der Waals surface area contributed by atoms with E-state index < -0.39 is 17.3 Å². The van der Waals surface area contributed by atoms with Gasteiger partial charge in [0.15, 0.2) is 0 Å². The minimum atomic E-state index is -0.560. The van der Waals surface area contributed by atoms with Crippen LogP contribution < -0.4 is 10.5 Å². The van der Waals surface area contributed by atoms with Crippen LogP contribution in [0.3, 0.4) is 0 Å². The van der Waals surface area contributed by atoms with Gasteiger partial charge in [-0.2, -0.15) is 0 Å². The highest BCUT2D eigenvalue weighted by Crippen LogP contribution is 2.33. The Kier molecular flexibility index (Phi) is 3.88. The van der Waals surface area contributed by atoms with Crippen molar-refractivity contribution >= 4 is 0 Å². The summed E-state index contributed by atoms with van der Waals surface area (Å²) in [4.78, 5) is 0. The van der Waals surface area contributed by atoms with Gasteiger partial charge in [0.1, 0.15) is 11.6 Å². The van der Waals surface area contributed by atoms with Gasteiger partial charge in [0.05, 0.1) is 7.11 Å². The average Bonchev–Trinajstić information content (AvgIpc) is 2.28. The van der Waals surface area contributed by atoms with Gasteiger partial charge in [-0.15, -0.1) is 0 Å². The molecule has 90 valence electrons. The molecule has 0 aliphatic heterocycles. The molecule has 3 N–H and O–H groups in total. The van der Waals surface area contributed by atoms with Crippen molar-refractivity contribution in [2.45, 2.75) is 19.9 Å². The zero-order chi connectivity index (χ0) is 12.3. The second-order valence-corrected chi connectivity index (χ2v) is 4.51. The summed E-state index contributed by atoms with van der Waals surface area (Å²) in [5.41, 5.74) is 5.76. The van der Waals surface area contributed by atoms with Crippen molar-refractivity contribution < 1.29 is 14.2 Å². The van der Waals surface area contributed by atoms with Crippen LogP contribution in [-0.4, -0.2) is 18.8 Å². The van der Waals surface area contributed by atoms with Gasteiger partial charge in [0.25, 0.3) is 0 Å². The smallest absolute Gasteiger partial charge is 0.131 e. The molecule has 0 heterocycles. The molecule has 4 heteroatoms. The van der Waals surface area contributed by atoms with Gasteiger partial charge in [-0.05, 0) is 6.07 Å². The van der Waals surface area contributed by atoms with Crippen LogP contribution in [-0.2, 0) is 0 Å². The minimum Gasteiger partial charge on any atom is -0.497 e. The summed E-state index contributed by atoms with van der Waals surface area (Å²) in [7, 11) is 1.48. The van der Waals surface area contributed by atoms with Gasteiger partial charge in [0.2, 0.25) is 0 Å². The Hall–Kier alpha value is -1.13. The molecule has 0 saturated heterocycles. The maximum Gasteiger partial charge on any atom is 0.131 e. The van der Waals surface area contributed by atoms with Crippen LogP contribution >= 0.6 is 0 Å². The van der Waals surface area contributed by atoms with Gasteiger partial charge in [-0.1, -0.05) is 19.9 Å². The second kappa shape index (κ2) is 4.80. The van der Waals surface area contributed by atoms with Crippen molar-refractivity contribution in [1.29, 1.82) is 0 Å². The predicted octanol–water partition coefficient (Wildman–Crippen LogP) is 1.85. The van der Waals surface area contributed by atoms with Crippen molar-refractivity contribution in [3.8, 4) is 5.75 Å². The van der Waals surface area contributed by atoms with Crippen molar-refractivity contribution in [1.82, 2.24) is 0 Å². The monoisotopic (exact) mass is 227 g/mol. The minimum absolute atomic E-state index is 0.0976. The van der Waals surface area contributed by atoms with E-state index in [2.05, 4.69) is 0 Å². The SMILES string of the molecule is COc1ccc([C@@H](N)C(C)(C)CO)c(F)c1. The van der Waals surface area contributed by atoms with Gasteiger partial charge in [0, 0.05) is 29.7 Å². The van der Waals surface area contributed by atoms with Crippen LogP contribution in [0.4, 0.5) is 4.39 Å². The van der Waals surface area contributed by atoms with Crippen molar-refractivity contribution in [3.63, 3.8) is 0 Å². The van der Waals surface area contributed by atoms with E-state index in [1.54, 1.807) is 26.0 Å². The first-order valence-electron chi connectivity index (χ1n) is 5.12. The lowest BCUT2D eigenvalue weighted by atomic mass is 9.81. The van der Waals surface area contributed by atoms with E-state index in [0.29, 0.717) is 11.3 Å². The molecule has 1 aromatic rings. The van der Waals surface area contributed by atoms with Crippen LogP contribution in [0.5, 0.6) is 5.75 Å². The summed E-state index contributed by atoms with van der Waals surface area (Å²) in [5, 5.41) is 9.19. The van der Waals surface area contributed by atoms with Gasteiger partial charge in [-0.25, -0.2) is 4.39 Å². The van der Waals surface area contributed by atoms with E-state index in [1.165, 1.54) is 13.2 Å². The third kappa shape index (κ3) is 2.51. The number of methoxy groups -OCH3 is 1. The van der Waals surface area contributed by atoms with Crippen molar-refractivity contribution in [2.24, 2.45) is 11.1 Å². The molecule has 3 nitrogen and oxygen atoms in total. The molecule has 0 saturated carbocycles. The Morgan fingerprint density at radius 2 is 2.12 bits per heavy atom. The highest BCUT2D eigenvalue weighted by Gasteiger charge is 2.29. The molecule has 0 unspecified atom stereocenters. The Morgan fingerprint density at radius 3 is 2.56 bits per heavy atom. The number of ether oxygens (including phenoxy) is 1. The van der Waals surface area contributed by atoms with E-state index in [1.807, 2.05) is 0 Å². The molecule has 16 heavy (non-hydrogen) atoms. The third-order valence-corrected chi connectivity index (χ3v) is 2.79. The first-order valence-corrected chi connectivity index (χ1v) is 5.12. The van der Waals surface area contributed by atoms with E-state index in [0.717, 1.165) is 0 Å². The second-order valence-electron chi connectivity index (χ2n) is 4.51. The van der Waals surface area contributed by atoms with Crippen LogP contribution in [0.25, 0.3) is 0 Å². The zero-order valence-electron chi connectivity index (χ0n) is 9.83. The third-order valence-electron chi connectivity index (χ3n) is 2.79. The number of rotatable bonds is 4. The molecule has 0 radical (unpaired) electrons. The van der Waals surface area contributed by atoms with E-state index in [-0.39, 0.29) is 6.61 Å². The highest BCUT2D eigenvalue weighted by molar-refractivity contribution is 5.31. The molecule has 0 aliphatic carbocycles. The van der Waals surface area contributed by atoms with E-state index >= 15 is 0 Å². The average molecular weight is 227 g/mol. The maximum absolute atomic E-state index is 13.7. The summed E-state index contributed by atoms with van der Waals surface area (Å²) in [6.45, 7) is 3.49. The molecule has 1 aromatic carbocycles. The van der Waals surface area contributed by atoms with Crippen molar-refractivity contribution in [2.75, 3.05) is 13.7 Å². The van der Waals surface area contributed by atoms with Crippen LogP contribution in [0.15, 0.2) is 18.2 Å². The van der Waals surface area contributed by atoms with Gasteiger partial charge in [-0.3, -0.25) is 0 Å². The molecular formula is C12H18FNO2. The quantitative estimate of drug-likeness (QED) is 0.825. The van der Waals surface area contributed by atoms with Gasteiger partial charge >= 0.3 is 0 Å². The molecule has 0 amide bonds. The summed E-state index contributed by atoms with van der Waals surface area (Å²) >= 11 is 0. The van der Waals surface area contributed by atoms with Crippen LogP contribution in [0, 0.1) is 11.2 Å². The Balaban J connectivity index is 3.05. The molecule has 0 bridgehead atoms. The molecule has 0 aromatic heterocycles. The molecule has 0 spiro atoms. The fourth-order valence-corrected chi connectivity index (χ4v) is 1.41. The molecule has 0 fully saturated rings. The highest BCUT2D eigenvalue weighted by atomic mass is 19.1. The van der Waals surface area contributed by atoms with Crippen LogP contribution in [0.2, 0.25) is 0 Å². The molecular weight excluding hydrogens is 209 g/mol. The van der Waals surface area contributed by atoms with Gasteiger partial charge < -0.3 is 15.6 Å². The zero-order valence-corrected chi connectivity index (χ0v) is 9.83. The number of hydrogen-bond acceptors (Lipinski definition) is 3. The lowest BCUT2D eigenvalue weighted by Gasteiger charge is -2.30. The fourth-order valence-electron chi connectivity index (χ4n) is 1.41. The number of aliphatic hydroxyl groups is 1. The number of hydrogen-bond donors (Lipinski definition) is 2. The number of aliphatic hydroxyl groups excluding tert-OH is 1. The van der Waals surface area contributed by atoms with E-state index in [4.69, 9.17) is 10.5 Å². The first-order chi connectivity index (χ1) is 7.42. The summed E-state index contributed by atoms with van der Waals surface area (Å²) in [6.07, 6.45) is 0. The fraction of sp³-hybridized carbons (Fsp3) is 0.500. The molecule has 1 atom stereocenters. The largest absolute Gasteiger partial charge is 0.497 e. The maximum atomic E-state index is 13.7. The van der Waals surface area contributed by atoms with Crippen LogP contribution in [0.1, 0.15) is 25.5 Å². The lowest BCUT2D eigenvalue weighted by molar-refractivity contribution is 0.131. The number of nitrogens with two attached hydrogens (primary N) is 1. The van der Waals surface area contributed by atoms with E-state index in [9.17, 15) is 9.50 Å². The topological polar surface area (TPSA) is 55.5 Å². The Labute approximate surface area is 95.0 Å². The molecule has 1 rings (SSSR count). The summed E-state index contributed by atoms with van der Waals surface area (Å²) in [5.74, 6) is 0.0450. The molecule has 0 aliphatic rings. The number of halogens is 1. The predicted molar refractivity (Wildman–Crippen MR) is 60.7 cm³/mol. The standard InChI is InChI=1S/C12H18FNO2/c1-12(2,7-15)11(14)9-5-4-8(16-3)6-10(9)13/h4-6,11,15H,7,14H2,1-3H3/t11-/m1/s1. The number of benzene rings is 1. The van der Waals surface area contributed by atoms with Crippen molar-refractivity contribution in [3.05, 3.63) is 29.6 Å². The first kappa shape index (κ1) is 12.9. The normalized spacial score (nSPS) is 13.6. The Bertz CT molecular complexity index is 366. The Morgan fingerprint density at radius 1 is 1.50 bits per heavy atom. The lowest BCUT2D eigenvalue weighted by Crippen LogP contribution is -2.33. The summed E-state index contributed by atoms with van der Waals surface area (Å²) in [6, 6.07) is 3.99. The summed E-state index contributed by atoms with van der Waals surface area (Å²) < 4.78 is 18.6.